The van der Waals surface area contributed by atoms with E-state index in [-0.39, 0.29) is 11.4 Å². The lowest BCUT2D eigenvalue weighted by atomic mass is 10.1. The number of halogens is 2. The Bertz CT molecular complexity index is 1220. The van der Waals surface area contributed by atoms with Crippen molar-refractivity contribution >= 4 is 28.5 Å². The molecule has 7 heteroatoms. The molecule has 0 fully saturated rings. The third kappa shape index (κ3) is 4.12. The fourth-order valence-electron chi connectivity index (χ4n) is 3.11. The van der Waals surface area contributed by atoms with Gasteiger partial charge in [-0.2, -0.15) is 0 Å². The van der Waals surface area contributed by atoms with Crippen LogP contribution in [0.25, 0.3) is 22.2 Å². The van der Waals surface area contributed by atoms with E-state index in [1.165, 1.54) is 16.8 Å². The van der Waals surface area contributed by atoms with Gasteiger partial charge in [0, 0.05) is 24.2 Å². The molecule has 29 heavy (non-hydrogen) atoms. The summed E-state index contributed by atoms with van der Waals surface area (Å²) in [4.78, 5) is 21.1. The van der Waals surface area contributed by atoms with Crippen LogP contribution in [-0.4, -0.2) is 21.1 Å². The number of aromatic nitrogens is 3. The molecule has 1 N–H and O–H groups in total. The predicted molar refractivity (Wildman–Crippen MR) is 114 cm³/mol. The van der Waals surface area contributed by atoms with Crippen molar-refractivity contribution in [1.82, 2.24) is 14.5 Å². The Morgan fingerprint density at radius 3 is 2.62 bits per heavy atom. The normalized spacial score (nSPS) is 11.0. The number of pyridine rings is 1. The highest BCUT2D eigenvalue weighted by Gasteiger charge is 2.08. The van der Waals surface area contributed by atoms with Crippen LogP contribution in [-0.2, 0) is 13.5 Å². The summed E-state index contributed by atoms with van der Waals surface area (Å²) in [6, 6.07) is 16.1. The average Bonchev–Trinajstić information content (AvgIpc) is 2.72. The van der Waals surface area contributed by atoms with Gasteiger partial charge >= 0.3 is 0 Å². The maximum atomic E-state index is 13.0. The Labute approximate surface area is 171 Å². The molecule has 2 aromatic heterocycles. The second-order valence-electron chi connectivity index (χ2n) is 6.70. The summed E-state index contributed by atoms with van der Waals surface area (Å²) in [7, 11) is 1.69. The van der Waals surface area contributed by atoms with Crippen LogP contribution in [0, 0.1) is 5.82 Å². The maximum Gasteiger partial charge on any atom is 0.262 e. The van der Waals surface area contributed by atoms with Gasteiger partial charge in [-0.3, -0.25) is 14.3 Å². The zero-order chi connectivity index (χ0) is 20.4. The lowest BCUT2D eigenvalue weighted by molar-refractivity contribution is 0.622. The molecule has 0 aliphatic carbocycles. The molecule has 2 aromatic carbocycles. The summed E-state index contributed by atoms with van der Waals surface area (Å²) in [5, 5.41) is 4.30. The van der Waals surface area contributed by atoms with Crippen LogP contribution >= 0.6 is 11.6 Å². The van der Waals surface area contributed by atoms with Crippen molar-refractivity contribution in [3.05, 3.63) is 87.6 Å². The summed E-state index contributed by atoms with van der Waals surface area (Å²) in [5.41, 5.74) is 3.23. The summed E-state index contributed by atoms with van der Waals surface area (Å²) in [6.07, 6.45) is 1.96. The summed E-state index contributed by atoms with van der Waals surface area (Å²) in [5.74, 6) is 0.146. The Morgan fingerprint density at radius 1 is 1.10 bits per heavy atom. The number of fused-ring (bicyclic) bond motifs is 1. The van der Waals surface area contributed by atoms with Crippen LogP contribution in [0.3, 0.4) is 0 Å². The van der Waals surface area contributed by atoms with E-state index in [1.807, 2.05) is 24.3 Å². The van der Waals surface area contributed by atoms with Crippen LogP contribution in [0.1, 0.15) is 5.56 Å². The Morgan fingerprint density at radius 2 is 1.90 bits per heavy atom. The predicted octanol–water partition coefficient (Wildman–Crippen LogP) is 4.44. The number of nitrogens with one attached hydrogen (secondary N) is 1. The van der Waals surface area contributed by atoms with Crippen LogP contribution in [0.5, 0.6) is 0 Å². The van der Waals surface area contributed by atoms with Gasteiger partial charge in [-0.1, -0.05) is 35.9 Å². The van der Waals surface area contributed by atoms with E-state index in [0.717, 1.165) is 23.2 Å². The van der Waals surface area contributed by atoms with Crippen molar-refractivity contribution in [2.24, 2.45) is 7.05 Å². The third-order valence-electron chi connectivity index (χ3n) is 4.71. The van der Waals surface area contributed by atoms with Gasteiger partial charge in [0.25, 0.3) is 5.56 Å². The van der Waals surface area contributed by atoms with Crippen LogP contribution in [0.4, 0.5) is 10.3 Å². The Kier molecular flexibility index (Phi) is 5.27. The minimum atomic E-state index is -0.351. The molecule has 4 aromatic rings. The summed E-state index contributed by atoms with van der Waals surface area (Å²) < 4.78 is 14.5. The zero-order valence-electron chi connectivity index (χ0n) is 15.7. The largest absolute Gasteiger partial charge is 0.355 e. The highest BCUT2D eigenvalue weighted by Crippen LogP contribution is 2.19. The van der Waals surface area contributed by atoms with Crippen molar-refractivity contribution in [2.75, 3.05) is 11.9 Å². The van der Waals surface area contributed by atoms with Gasteiger partial charge in [0.2, 0.25) is 5.95 Å². The molecular formula is C22H18ClFN4O. The van der Waals surface area contributed by atoms with Gasteiger partial charge in [-0.25, -0.2) is 9.37 Å². The van der Waals surface area contributed by atoms with E-state index in [2.05, 4.69) is 15.3 Å². The number of hydrogen-bond donors (Lipinski definition) is 1. The van der Waals surface area contributed by atoms with Gasteiger partial charge in [0.1, 0.15) is 5.82 Å². The highest BCUT2D eigenvalue weighted by atomic mass is 35.5. The molecule has 4 rings (SSSR count). The van der Waals surface area contributed by atoms with E-state index in [0.29, 0.717) is 28.4 Å². The van der Waals surface area contributed by atoms with Gasteiger partial charge in [-0.15, -0.1) is 0 Å². The fourth-order valence-corrected chi connectivity index (χ4v) is 3.28. The molecule has 0 amide bonds. The van der Waals surface area contributed by atoms with Crippen LogP contribution in [0.15, 0.2) is 65.6 Å². The molecule has 0 aliphatic rings. The quantitative estimate of drug-likeness (QED) is 0.530. The van der Waals surface area contributed by atoms with Crippen LogP contribution < -0.4 is 10.9 Å². The first-order valence-electron chi connectivity index (χ1n) is 9.12. The summed E-state index contributed by atoms with van der Waals surface area (Å²) >= 11 is 6.02. The molecule has 146 valence electrons. The molecule has 5 nitrogen and oxygen atoms in total. The lowest BCUT2D eigenvalue weighted by Crippen LogP contribution is -2.23. The van der Waals surface area contributed by atoms with E-state index in [9.17, 15) is 9.18 Å². The van der Waals surface area contributed by atoms with Crippen molar-refractivity contribution in [3.8, 4) is 11.3 Å². The van der Waals surface area contributed by atoms with Gasteiger partial charge in [0.05, 0.1) is 22.8 Å². The van der Waals surface area contributed by atoms with E-state index < -0.39 is 0 Å². The topological polar surface area (TPSA) is 59.8 Å². The van der Waals surface area contributed by atoms with E-state index >= 15 is 0 Å². The fraction of sp³-hybridized carbons (Fsp3) is 0.136. The molecule has 0 saturated carbocycles. The number of hydrogen-bond acceptors (Lipinski definition) is 4. The van der Waals surface area contributed by atoms with Gasteiger partial charge < -0.3 is 5.32 Å². The second-order valence-corrected chi connectivity index (χ2v) is 7.13. The Balaban J connectivity index is 1.45. The van der Waals surface area contributed by atoms with Crippen molar-refractivity contribution in [1.29, 1.82) is 0 Å². The molecule has 0 radical (unpaired) electrons. The molecule has 0 unspecified atom stereocenters. The first-order chi connectivity index (χ1) is 14.0. The van der Waals surface area contributed by atoms with Gasteiger partial charge in [0.15, 0.2) is 0 Å². The Hall–Kier alpha value is -3.25. The summed E-state index contributed by atoms with van der Waals surface area (Å²) in [6.45, 7) is 0.612. The molecule has 0 bridgehead atoms. The zero-order valence-corrected chi connectivity index (χ0v) is 16.4. The second kappa shape index (κ2) is 8.01. The molecule has 0 spiro atoms. The molecule has 2 heterocycles. The van der Waals surface area contributed by atoms with E-state index in [4.69, 9.17) is 11.6 Å². The van der Waals surface area contributed by atoms with Gasteiger partial charge in [-0.05, 0) is 42.3 Å². The minimum absolute atomic E-state index is 0.120. The third-order valence-corrected chi connectivity index (χ3v) is 4.95. The van der Waals surface area contributed by atoms with Crippen LogP contribution in [0.2, 0.25) is 5.02 Å². The van der Waals surface area contributed by atoms with Crippen molar-refractivity contribution in [3.63, 3.8) is 0 Å². The first-order valence-corrected chi connectivity index (χ1v) is 9.50. The smallest absolute Gasteiger partial charge is 0.262 e. The molecular weight excluding hydrogens is 391 g/mol. The monoisotopic (exact) mass is 408 g/mol. The maximum absolute atomic E-state index is 13.0. The standard InChI is InChI=1S/C22H18ClFN4O/c1-28-21(29)18-8-6-16(23)12-20(18)27-22(28)25-11-10-14-2-4-15(5-3-14)19-9-7-17(24)13-26-19/h2-9,12-13H,10-11H2,1H3,(H,25,27). The SMILES string of the molecule is Cn1c(NCCc2ccc(-c3ccc(F)cn3)cc2)nc2cc(Cl)ccc2c1=O. The number of nitrogens with zero attached hydrogens (tertiary/aromatic N) is 3. The number of anilines is 1. The van der Waals surface area contributed by atoms with Crippen molar-refractivity contribution in [2.45, 2.75) is 6.42 Å². The average molecular weight is 409 g/mol. The minimum Gasteiger partial charge on any atom is -0.355 e. The lowest BCUT2D eigenvalue weighted by Gasteiger charge is -2.11. The number of rotatable bonds is 5. The molecule has 0 atom stereocenters. The first kappa shape index (κ1) is 19.1. The van der Waals surface area contributed by atoms with E-state index in [1.54, 1.807) is 31.3 Å². The number of benzene rings is 2. The van der Waals surface area contributed by atoms with Crippen molar-refractivity contribution < 1.29 is 4.39 Å². The molecule has 0 aliphatic heterocycles. The molecule has 0 saturated heterocycles. The highest BCUT2D eigenvalue weighted by molar-refractivity contribution is 6.31.